The SMILES string of the molecule is CC(COC(C)(C)CC(=O)O)Oc1ccc(N2C(=O)C(Sc3ccccc3)=C(Sc3ccccc3)C2=O)cc1. The average molecular weight is 564 g/mol. The molecule has 1 heterocycles. The number of anilines is 1. The van der Waals surface area contributed by atoms with E-state index >= 15 is 0 Å². The van der Waals surface area contributed by atoms with Crippen LogP contribution in [0.3, 0.4) is 0 Å². The number of hydrogen-bond donors (Lipinski definition) is 1. The number of imide groups is 1. The van der Waals surface area contributed by atoms with Crippen molar-refractivity contribution in [3.8, 4) is 5.75 Å². The number of benzene rings is 3. The fourth-order valence-electron chi connectivity index (χ4n) is 3.82. The van der Waals surface area contributed by atoms with Crippen molar-refractivity contribution in [3.05, 3.63) is 94.7 Å². The Labute approximate surface area is 236 Å². The molecule has 3 aromatic carbocycles. The van der Waals surface area contributed by atoms with Crippen LogP contribution in [0.4, 0.5) is 5.69 Å². The summed E-state index contributed by atoms with van der Waals surface area (Å²) in [6, 6.07) is 25.7. The number of thioether (sulfide) groups is 2. The summed E-state index contributed by atoms with van der Waals surface area (Å²) in [5.74, 6) is -1.14. The van der Waals surface area contributed by atoms with Crippen molar-refractivity contribution < 1.29 is 29.0 Å². The van der Waals surface area contributed by atoms with E-state index in [1.165, 1.54) is 28.4 Å². The molecule has 1 aliphatic rings. The van der Waals surface area contributed by atoms with Gasteiger partial charge in [0.1, 0.15) is 11.9 Å². The van der Waals surface area contributed by atoms with E-state index < -0.39 is 11.6 Å². The summed E-state index contributed by atoms with van der Waals surface area (Å²) in [5.41, 5.74) is -0.375. The average Bonchev–Trinajstić information content (AvgIpc) is 3.12. The van der Waals surface area contributed by atoms with Crippen molar-refractivity contribution in [3.63, 3.8) is 0 Å². The molecule has 9 heteroatoms. The van der Waals surface area contributed by atoms with Gasteiger partial charge < -0.3 is 14.6 Å². The van der Waals surface area contributed by atoms with E-state index in [1.54, 1.807) is 38.1 Å². The minimum atomic E-state index is -0.930. The lowest BCUT2D eigenvalue weighted by Crippen LogP contribution is -2.32. The van der Waals surface area contributed by atoms with Crippen LogP contribution in [0.5, 0.6) is 5.75 Å². The molecule has 0 aliphatic carbocycles. The molecule has 0 fully saturated rings. The molecule has 202 valence electrons. The summed E-state index contributed by atoms with van der Waals surface area (Å²) < 4.78 is 11.6. The molecule has 0 aromatic heterocycles. The molecule has 0 spiro atoms. The minimum Gasteiger partial charge on any atom is -0.488 e. The van der Waals surface area contributed by atoms with Gasteiger partial charge in [0.2, 0.25) is 0 Å². The van der Waals surface area contributed by atoms with Gasteiger partial charge in [0, 0.05) is 9.79 Å². The van der Waals surface area contributed by atoms with Gasteiger partial charge in [-0.2, -0.15) is 0 Å². The number of rotatable bonds is 12. The third-order valence-electron chi connectivity index (χ3n) is 5.65. The summed E-state index contributed by atoms with van der Waals surface area (Å²) in [4.78, 5) is 41.8. The van der Waals surface area contributed by atoms with E-state index in [0.29, 0.717) is 21.2 Å². The van der Waals surface area contributed by atoms with Crippen LogP contribution < -0.4 is 9.64 Å². The molecule has 1 atom stereocenters. The number of aliphatic carboxylic acids is 1. The summed E-state index contributed by atoms with van der Waals surface area (Å²) in [6.07, 6.45) is -0.460. The lowest BCUT2D eigenvalue weighted by Gasteiger charge is -2.26. The standard InChI is InChI=1S/C30H29NO6S2/c1-20(19-36-30(2,3)18-25(32)33)37-22-16-14-21(15-17-22)31-28(34)26(38-23-10-6-4-7-11-23)27(29(31)35)39-24-12-8-5-9-13-24/h4-17,20H,18-19H2,1-3H3,(H,32,33). The van der Waals surface area contributed by atoms with E-state index in [-0.39, 0.29) is 30.9 Å². The number of amides is 2. The van der Waals surface area contributed by atoms with Crippen LogP contribution in [0, 0.1) is 0 Å². The second-order valence-electron chi connectivity index (χ2n) is 9.50. The Morgan fingerprint density at radius 3 is 1.79 bits per heavy atom. The highest BCUT2D eigenvalue weighted by atomic mass is 32.2. The molecule has 7 nitrogen and oxygen atoms in total. The zero-order valence-corrected chi connectivity index (χ0v) is 23.5. The first kappa shape index (κ1) is 28.5. The first-order chi connectivity index (χ1) is 18.6. The number of carbonyl (C=O) groups excluding carboxylic acids is 2. The van der Waals surface area contributed by atoms with Gasteiger partial charge in [0.05, 0.1) is 34.1 Å². The second-order valence-corrected chi connectivity index (χ2v) is 11.7. The van der Waals surface area contributed by atoms with E-state index in [1.807, 2.05) is 67.6 Å². The monoisotopic (exact) mass is 563 g/mol. The van der Waals surface area contributed by atoms with Gasteiger partial charge in [-0.15, -0.1) is 0 Å². The maximum atomic E-state index is 13.6. The number of hydrogen-bond acceptors (Lipinski definition) is 7. The van der Waals surface area contributed by atoms with Crippen molar-refractivity contribution in [2.75, 3.05) is 11.5 Å². The third-order valence-corrected chi connectivity index (χ3v) is 7.96. The van der Waals surface area contributed by atoms with Gasteiger partial charge in [0.25, 0.3) is 11.8 Å². The van der Waals surface area contributed by atoms with Crippen LogP contribution >= 0.6 is 23.5 Å². The first-order valence-corrected chi connectivity index (χ1v) is 14.0. The molecule has 39 heavy (non-hydrogen) atoms. The Kier molecular flexibility index (Phi) is 9.16. The maximum absolute atomic E-state index is 13.6. The van der Waals surface area contributed by atoms with Gasteiger partial charge >= 0.3 is 5.97 Å². The maximum Gasteiger partial charge on any atom is 0.306 e. The van der Waals surface area contributed by atoms with E-state index in [9.17, 15) is 14.4 Å². The highest BCUT2D eigenvalue weighted by molar-refractivity contribution is 8.08. The van der Waals surface area contributed by atoms with E-state index in [0.717, 1.165) is 9.79 Å². The number of nitrogens with zero attached hydrogens (tertiary/aromatic N) is 1. The van der Waals surface area contributed by atoms with Crippen molar-refractivity contribution in [2.45, 2.75) is 48.7 Å². The zero-order chi connectivity index (χ0) is 28.0. The predicted molar refractivity (Wildman–Crippen MR) is 153 cm³/mol. The fourth-order valence-corrected chi connectivity index (χ4v) is 5.84. The van der Waals surface area contributed by atoms with Gasteiger partial charge in [0.15, 0.2) is 0 Å². The number of ether oxygens (including phenoxy) is 2. The summed E-state index contributed by atoms with van der Waals surface area (Å²) in [6.45, 7) is 5.46. The lowest BCUT2D eigenvalue weighted by molar-refractivity contribution is -0.145. The van der Waals surface area contributed by atoms with Crippen LogP contribution in [0.2, 0.25) is 0 Å². The van der Waals surface area contributed by atoms with Crippen LogP contribution in [-0.2, 0) is 19.1 Å². The normalized spacial score (nSPS) is 14.6. The molecule has 1 N–H and O–H groups in total. The molecule has 4 rings (SSSR count). The summed E-state index contributed by atoms with van der Waals surface area (Å²) >= 11 is 2.57. The summed E-state index contributed by atoms with van der Waals surface area (Å²) in [5, 5.41) is 9.01. The number of carboxylic acid groups (broad SMARTS) is 1. The highest BCUT2D eigenvalue weighted by Gasteiger charge is 2.40. The Bertz CT molecular complexity index is 1290. The largest absolute Gasteiger partial charge is 0.488 e. The Morgan fingerprint density at radius 1 is 0.846 bits per heavy atom. The topological polar surface area (TPSA) is 93.1 Å². The fraction of sp³-hybridized carbons (Fsp3) is 0.233. The zero-order valence-electron chi connectivity index (χ0n) is 21.8. The van der Waals surface area contributed by atoms with Crippen LogP contribution in [0.25, 0.3) is 0 Å². The Balaban J connectivity index is 1.49. The number of carbonyl (C=O) groups is 3. The van der Waals surface area contributed by atoms with Crippen molar-refractivity contribution >= 4 is 47.0 Å². The van der Waals surface area contributed by atoms with Gasteiger partial charge in [-0.3, -0.25) is 14.4 Å². The van der Waals surface area contributed by atoms with Crippen molar-refractivity contribution in [1.82, 2.24) is 0 Å². The third kappa shape index (κ3) is 7.53. The molecule has 1 aliphatic heterocycles. The molecular formula is C30H29NO6S2. The predicted octanol–water partition coefficient (Wildman–Crippen LogP) is 6.39. The smallest absolute Gasteiger partial charge is 0.306 e. The van der Waals surface area contributed by atoms with E-state index in [2.05, 4.69) is 0 Å². The second kappa shape index (κ2) is 12.5. The molecule has 1 unspecified atom stereocenters. The summed E-state index contributed by atoms with van der Waals surface area (Å²) in [7, 11) is 0. The van der Waals surface area contributed by atoms with E-state index in [4.69, 9.17) is 14.6 Å². The van der Waals surface area contributed by atoms with Crippen molar-refractivity contribution in [1.29, 1.82) is 0 Å². The lowest BCUT2D eigenvalue weighted by atomic mass is 10.1. The van der Waals surface area contributed by atoms with Crippen LogP contribution in [-0.4, -0.2) is 41.2 Å². The van der Waals surface area contributed by atoms with Gasteiger partial charge in [-0.25, -0.2) is 4.90 Å². The van der Waals surface area contributed by atoms with Crippen LogP contribution in [0.15, 0.2) is 105 Å². The highest BCUT2D eigenvalue weighted by Crippen LogP contribution is 2.44. The first-order valence-electron chi connectivity index (χ1n) is 12.3. The molecular weight excluding hydrogens is 534 g/mol. The van der Waals surface area contributed by atoms with Crippen LogP contribution in [0.1, 0.15) is 27.2 Å². The van der Waals surface area contributed by atoms with Gasteiger partial charge in [-0.1, -0.05) is 59.9 Å². The molecule has 2 amide bonds. The van der Waals surface area contributed by atoms with Gasteiger partial charge in [-0.05, 0) is 69.3 Å². The quantitative estimate of drug-likeness (QED) is 0.253. The Morgan fingerprint density at radius 2 is 1.33 bits per heavy atom. The number of carboxylic acids is 1. The molecule has 0 saturated carbocycles. The van der Waals surface area contributed by atoms with Crippen molar-refractivity contribution in [2.24, 2.45) is 0 Å². The molecule has 0 saturated heterocycles. The molecule has 0 bridgehead atoms. The molecule has 0 radical (unpaired) electrons. The Hall–Kier alpha value is -3.53. The minimum absolute atomic E-state index is 0.116. The molecule has 3 aromatic rings.